The molecule has 0 aliphatic heterocycles. The third kappa shape index (κ3) is 1.85. The van der Waals surface area contributed by atoms with Gasteiger partial charge in [0.1, 0.15) is 18.0 Å². The zero-order valence-corrected chi connectivity index (χ0v) is 8.31. The first-order chi connectivity index (χ1) is 7.16. The van der Waals surface area contributed by atoms with Crippen molar-refractivity contribution in [2.24, 2.45) is 5.73 Å². The van der Waals surface area contributed by atoms with Crippen LogP contribution < -0.4 is 5.73 Å². The summed E-state index contributed by atoms with van der Waals surface area (Å²) < 4.78 is 1.78. The van der Waals surface area contributed by atoms with E-state index < -0.39 is 0 Å². The number of imidazole rings is 1. The minimum atomic E-state index is 0.0434. The highest BCUT2D eigenvalue weighted by atomic mass is 15.1. The zero-order chi connectivity index (χ0) is 10.8. The van der Waals surface area contributed by atoms with Crippen molar-refractivity contribution in [2.45, 2.75) is 6.92 Å². The van der Waals surface area contributed by atoms with E-state index in [0.29, 0.717) is 5.56 Å². The van der Waals surface area contributed by atoms with E-state index in [4.69, 9.17) is 11.1 Å². The number of nitrogen functional groups attached to an aromatic ring is 1. The first kappa shape index (κ1) is 9.39. The van der Waals surface area contributed by atoms with Gasteiger partial charge in [-0.15, -0.1) is 0 Å². The number of pyridine rings is 1. The molecule has 2 rings (SSSR count). The van der Waals surface area contributed by atoms with Gasteiger partial charge in [-0.1, -0.05) is 0 Å². The molecule has 5 nitrogen and oxygen atoms in total. The Morgan fingerprint density at radius 1 is 1.47 bits per heavy atom. The molecule has 0 amide bonds. The average Bonchev–Trinajstić information content (AvgIpc) is 2.69. The molecule has 0 spiro atoms. The van der Waals surface area contributed by atoms with Crippen molar-refractivity contribution >= 4 is 5.84 Å². The molecule has 0 bridgehead atoms. The van der Waals surface area contributed by atoms with Crippen LogP contribution in [0, 0.1) is 12.3 Å². The van der Waals surface area contributed by atoms with Crippen LogP contribution in [0.5, 0.6) is 0 Å². The summed E-state index contributed by atoms with van der Waals surface area (Å²) in [4.78, 5) is 8.27. The Morgan fingerprint density at radius 2 is 2.27 bits per heavy atom. The zero-order valence-electron chi connectivity index (χ0n) is 8.31. The number of nitrogens with zero attached hydrogens (tertiary/aromatic N) is 3. The van der Waals surface area contributed by atoms with Crippen LogP contribution in [0.2, 0.25) is 0 Å². The van der Waals surface area contributed by atoms with Crippen molar-refractivity contribution < 1.29 is 0 Å². The summed E-state index contributed by atoms with van der Waals surface area (Å²) in [5.41, 5.74) is 6.93. The van der Waals surface area contributed by atoms with E-state index in [1.165, 1.54) is 0 Å². The molecule has 0 unspecified atom stereocenters. The smallest absolute Gasteiger partial charge is 0.138 e. The Bertz CT molecular complexity index is 487. The Morgan fingerprint density at radius 3 is 2.87 bits per heavy atom. The number of hydrogen-bond donors (Lipinski definition) is 2. The van der Waals surface area contributed by atoms with Gasteiger partial charge in [-0.2, -0.15) is 0 Å². The average molecular weight is 201 g/mol. The summed E-state index contributed by atoms with van der Waals surface area (Å²) >= 11 is 0. The first-order valence-electron chi connectivity index (χ1n) is 4.48. The molecule has 15 heavy (non-hydrogen) atoms. The van der Waals surface area contributed by atoms with E-state index in [2.05, 4.69) is 9.97 Å². The van der Waals surface area contributed by atoms with E-state index in [9.17, 15) is 0 Å². The Labute approximate surface area is 87.1 Å². The topological polar surface area (TPSA) is 80.6 Å². The standard InChI is InChI=1S/C10H11N5/c1-7-4-8(10(11)12)5-9(14-7)15-3-2-13-6-15/h2-6H,1H3,(H3,11,12). The second-order valence-corrected chi connectivity index (χ2v) is 3.24. The molecule has 76 valence electrons. The predicted molar refractivity (Wildman–Crippen MR) is 57.1 cm³/mol. The van der Waals surface area contributed by atoms with Crippen LogP contribution in [0.1, 0.15) is 11.3 Å². The lowest BCUT2D eigenvalue weighted by Crippen LogP contribution is -2.12. The SMILES string of the molecule is Cc1cc(C(=N)N)cc(-n2ccnc2)n1. The molecular formula is C10H11N5. The van der Waals surface area contributed by atoms with Gasteiger partial charge in [0.2, 0.25) is 0 Å². The third-order valence-corrected chi connectivity index (χ3v) is 2.02. The van der Waals surface area contributed by atoms with Gasteiger partial charge in [-0.05, 0) is 19.1 Å². The lowest BCUT2D eigenvalue weighted by atomic mass is 10.2. The fourth-order valence-electron chi connectivity index (χ4n) is 1.33. The van der Waals surface area contributed by atoms with Gasteiger partial charge in [0.05, 0.1) is 0 Å². The molecule has 2 heterocycles. The number of amidine groups is 1. The van der Waals surface area contributed by atoms with Gasteiger partial charge < -0.3 is 5.73 Å². The summed E-state index contributed by atoms with van der Waals surface area (Å²) in [6.45, 7) is 1.87. The first-order valence-corrected chi connectivity index (χ1v) is 4.48. The number of nitrogens with one attached hydrogen (secondary N) is 1. The van der Waals surface area contributed by atoms with Crippen molar-refractivity contribution in [2.75, 3.05) is 0 Å². The van der Waals surface area contributed by atoms with Crippen molar-refractivity contribution in [1.29, 1.82) is 5.41 Å². The molecule has 0 aliphatic rings. The number of nitrogens with two attached hydrogens (primary N) is 1. The summed E-state index contributed by atoms with van der Waals surface area (Å²) in [5, 5.41) is 7.38. The van der Waals surface area contributed by atoms with Crippen LogP contribution in [0.4, 0.5) is 0 Å². The summed E-state index contributed by atoms with van der Waals surface area (Å²) in [5.74, 6) is 0.763. The maximum atomic E-state index is 7.38. The molecule has 3 N–H and O–H groups in total. The Balaban J connectivity index is 2.54. The molecule has 2 aromatic heterocycles. The van der Waals surface area contributed by atoms with Crippen LogP contribution in [-0.4, -0.2) is 20.4 Å². The molecule has 0 aliphatic carbocycles. The van der Waals surface area contributed by atoms with E-state index in [1.807, 2.05) is 6.92 Å². The number of rotatable bonds is 2. The third-order valence-electron chi connectivity index (χ3n) is 2.02. The molecule has 0 radical (unpaired) electrons. The van der Waals surface area contributed by atoms with E-state index in [-0.39, 0.29) is 5.84 Å². The molecular weight excluding hydrogens is 190 g/mol. The minimum absolute atomic E-state index is 0.0434. The van der Waals surface area contributed by atoms with Gasteiger partial charge in [0.25, 0.3) is 0 Å². The van der Waals surface area contributed by atoms with Crippen LogP contribution in [-0.2, 0) is 0 Å². The highest BCUT2D eigenvalue weighted by Crippen LogP contribution is 2.09. The Hall–Kier alpha value is -2.17. The van der Waals surface area contributed by atoms with Gasteiger partial charge in [-0.25, -0.2) is 9.97 Å². The summed E-state index contributed by atoms with van der Waals surface area (Å²) in [6, 6.07) is 3.54. The van der Waals surface area contributed by atoms with Gasteiger partial charge in [0, 0.05) is 23.7 Å². The minimum Gasteiger partial charge on any atom is -0.384 e. The van der Waals surface area contributed by atoms with Crippen LogP contribution in [0.25, 0.3) is 5.82 Å². The Kier molecular flexibility index (Phi) is 2.21. The maximum absolute atomic E-state index is 7.38. The molecule has 5 heteroatoms. The lowest BCUT2D eigenvalue weighted by molar-refractivity contribution is 0.973. The van der Waals surface area contributed by atoms with Crippen molar-refractivity contribution in [1.82, 2.24) is 14.5 Å². The molecule has 0 saturated heterocycles. The fourth-order valence-corrected chi connectivity index (χ4v) is 1.33. The molecule has 0 atom stereocenters. The number of hydrogen-bond acceptors (Lipinski definition) is 3. The monoisotopic (exact) mass is 201 g/mol. The molecule has 0 aromatic carbocycles. The highest BCUT2D eigenvalue weighted by Gasteiger charge is 2.03. The van der Waals surface area contributed by atoms with Crippen molar-refractivity contribution in [3.8, 4) is 5.82 Å². The van der Waals surface area contributed by atoms with E-state index in [1.54, 1.807) is 35.4 Å². The molecule has 2 aromatic rings. The van der Waals surface area contributed by atoms with Crippen molar-refractivity contribution in [3.05, 3.63) is 42.1 Å². The highest BCUT2D eigenvalue weighted by molar-refractivity contribution is 5.95. The lowest BCUT2D eigenvalue weighted by Gasteiger charge is -2.05. The maximum Gasteiger partial charge on any atom is 0.138 e. The molecule has 0 saturated carbocycles. The molecule has 0 fully saturated rings. The van der Waals surface area contributed by atoms with Gasteiger partial charge in [0.15, 0.2) is 0 Å². The second kappa shape index (κ2) is 3.53. The quantitative estimate of drug-likeness (QED) is 0.558. The van der Waals surface area contributed by atoms with E-state index in [0.717, 1.165) is 11.5 Å². The van der Waals surface area contributed by atoms with Crippen LogP contribution >= 0.6 is 0 Å². The predicted octanol–water partition coefficient (Wildman–Crippen LogP) is 0.860. The second-order valence-electron chi connectivity index (χ2n) is 3.24. The van der Waals surface area contributed by atoms with E-state index >= 15 is 0 Å². The number of aryl methyl sites for hydroxylation is 1. The summed E-state index contributed by atoms with van der Waals surface area (Å²) in [6.07, 6.45) is 5.13. The largest absolute Gasteiger partial charge is 0.384 e. The van der Waals surface area contributed by atoms with Gasteiger partial charge in [-0.3, -0.25) is 9.98 Å². The van der Waals surface area contributed by atoms with Crippen LogP contribution in [0.3, 0.4) is 0 Å². The van der Waals surface area contributed by atoms with Crippen LogP contribution in [0.15, 0.2) is 30.9 Å². The number of aromatic nitrogens is 3. The van der Waals surface area contributed by atoms with Crippen molar-refractivity contribution in [3.63, 3.8) is 0 Å². The fraction of sp³-hybridized carbons (Fsp3) is 0.100. The normalized spacial score (nSPS) is 10.2. The van der Waals surface area contributed by atoms with Gasteiger partial charge >= 0.3 is 0 Å². The summed E-state index contributed by atoms with van der Waals surface area (Å²) in [7, 11) is 0.